The van der Waals surface area contributed by atoms with Gasteiger partial charge in [-0.3, -0.25) is 4.68 Å². The molecule has 6 rings (SSSR count). The molecule has 1 saturated heterocycles. The van der Waals surface area contributed by atoms with Gasteiger partial charge in [0.2, 0.25) is 0 Å². The highest BCUT2D eigenvalue weighted by atomic mass is 35.5. The van der Waals surface area contributed by atoms with Crippen LogP contribution in [0.5, 0.6) is 0 Å². The summed E-state index contributed by atoms with van der Waals surface area (Å²) in [4.78, 5) is 7.46. The maximum Gasteiger partial charge on any atom is 0.186 e. The number of aryl methyl sites for hydroxylation is 1. The highest BCUT2D eigenvalue weighted by Crippen LogP contribution is 2.45. The molecule has 0 atom stereocenters. The van der Waals surface area contributed by atoms with Crippen molar-refractivity contribution in [3.05, 3.63) is 42.1 Å². The molecule has 2 fully saturated rings. The number of fused-ring (bicyclic) bond motifs is 2. The maximum absolute atomic E-state index is 5.04. The van der Waals surface area contributed by atoms with Crippen molar-refractivity contribution in [3.63, 3.8) is 0 Å². The third-order valence-corrected chi connectivity index (χ3v) is 8.61. The van der Waals surface area contributed by atoms with E-state index in [2.05, 4.69) is 81.5 Å². The number of nitrogens with one attached hydrogen (secondary N) is 1. The van der Waals surface area contributed by atoms with Crippen LogP contribution in [0.4, 0.5) is 5.13 Å². The van der Waals surface area contributed by atoms with Gasteiger partial charge in [-0.25, -0.2) is 4.98 Å². The first-order chi connectivity index (χ1) is 16.1. The molecule has 7 heteroatoms. The van der Waals surface area contributed by atoms with Crippen molar-refractivity contribution in [2.45, 2.75) is 76.4 Å². The molecule has 5 nitrogen and oxygen atoms in total. The van der Waals surface area contributed by atoms with E-state index in [0.717, 1.165) is 23.5 Å². The van der Waals surface area contributed by atoms with Crippen molar-refractivity contribution >= 4 is 50.0 Å². The topological polar surface area (TPSA) is 46.0 Å². The van der Waals surface area contributed by atoms with Gasteiger partial charge >= 0.3 is 0 Å². The van der Waals surface area contributed by atoms with E-state index in [0.29, 0.717) is 12.0 Å². The van der Waals surface area contributed by atoms with Crippen LogP contribution in [0.25, 0.3) is 32.2 Å². The Bertz CT molecular complexity index is 1380. The van der Waals surface area contributed by atoms with Gasteiger partial charge in [-0.1, -0.05) is 17.4 Å². The minimum atomic E-state index is 0. The Morgan fingerprint density at radius 3 is 2.43 bits per heavy atom. The van der Waals surface area contributed by atoms with Gasteiger partial charge in [-0.05, 0) is 100 Å². The van der Waals surface area contributed by atoms with Crippen molar-refractivity contribution in [1.82, 2.24) is 20.1 Å². The van der Waals surface area contributed by atoms with E-state index in [-0.39, 0.29) is 23.5 Å². The van der Waals surface area contributed by atoms with Gasteiger partial charge < -0.3 is 10.2 Å². The Morgan fingerprint density at radius 2 is 1.74 bits per heavy atom. The molecule has 186 valence electrons. The van der Waals surface area contributed by atoms with Crippen LogP contribution in [0.2, 0.25) is 0 Å². The van der Waals surface area contributed by atoms with Crippen LogP contribution in [-0.4, -0.2) is 38.9 Å². The molecule has 0 amide bonds. The largest absolute Gasteiger partial charge is 0.348 e. The lowest BCUT2D eigenvalue weighted by molar-refractivity contribution is 0.161. The summed E-state index contributed by atoms with van der Waals surface area (Å²) in [6.07, 6.45) is 6.93. The second-order valence-electron chi connectivity index (χ2n) is 11.8. The van der Waals surface area contributed by atoms with Crippen molar-refractivity contribution in [1.29, 1.82) is 0 Å². The molecule has 1 aliphatic heterocycles. The zero-order valence-electron chi connectivity index (χ0n) is 21.6. The number of hydrogen-bond donors (Lipinski definition) is 1. The molecule has 0 bridgehead atoms. The van der Waals surface area contributed by atoms with E-state index in [9.17, 15) is 0 Å². The molecular formula is C28H36ClN5S. The fraction of sp³-hybridized carbons (Fsp3) is 0.500. The molecule has 35 heavy (non-hydrogen) atoms. The summed E-state index contributed by atoms with van der Waals surface area (Å²) in [5.41, 5.74) is 6.46. The summed E-state index contributed by atoms with van der Waals surface area (Å²) in [5.74, 6) is 0.670. The molecule has 1 saturated carbocycles. The zero-order valence-corrected chi connectivity index (χ0v) is 23.2. The monoisotopic (exact) mass is 509 g/mol. The SMILES string of the molecule is CN(c1nc2ccc(-c3cc(C4CC4)c4nn(C)cc4c3)cc2s1)C1CC(C)(C)NC(C)(C)C1.Cl. The minimum absolute atomic E-state index is 0. The fourth-order valence-electron chi connectivity index (χ4n) is 6.10. The third kappa shape index (κ3) is 4.68. The molecule has 2 aliphatic rings. The molecule has 1 aliphatic carbocycles. The van der Waals surface area contributed by atoms with E-state index in [1.165, 1.54) is 45.1 Å². The Balaban J connectivity index is 0.00000253. The predicted octanol–water partition coefficient (Wildman–Crippen LogP) is 6.89. The first-order valence-corrected chi connectivity index (χ1v) is 13.3. The maximum atomic E-state index is 5.04. The van der Waals surface area contributed by atoms with Crippen LogP contribution >= 0.6 is 23.7 Å². The molecule has 2 aromatic carbocycles. The normalized spacial score (nSPS) is 19.7. The lowest BCUT2D eigenvalue weighted by Gasteiger charge is -2.48. The summed E-state index contributed by atoms with van der Waals surface area (Å²) in [6, 6.07) is 11.9. The fourth-order valence-corrected chi connectivity index (χ4v) is 7.13. The second-order valence-corrected chi connectivity index (χ2v) is 12.8. The van der Waals surface area contributed by atoms with Crippen LogP contribution in [-0.2, 0) is 7.05 Å². The lowest BCUT2D eigenvalue weighted by Crippen LogP contribution is -2.61. The molecule has 1 N–H and O–H groups in total. The number of thiazole rings is 1. The van der Waals surface area contributed by atoms with Gasteiger partial charge in [0.1, 0.15) is 0 Å². The number of aromatic nitrogens is 3. The highest BCUT2D eigenvalue weighted by molar-refractivity contribution is 7.22. The summed E-state index contributed by atoms with van der Waals surface area (Å²) in [6.45, 7) is 9.26. The van der Waals surface area contributed by atoms with Crippen LogP contribution < -0.4 is 10.2 Å². The molecule has 0 spiro atoms. The molecule has 3 heterocycles. The smallest absolute Gasteiger partial charge is 0.186 e. The van der Waals surface area contributed by atoms with E-state index in [1.807, 2.05) is 23.1 Å². The van der Waals surface area contributed by atoms with Crippen molar-refractivity contribution in [2.75, 3.05) is 11.9 Å². The molecule has 0 unspecified atom stereocenters. The summed E-state index contributed by atoms with van der Waals surface area (Å²) in [5, 5.41) is 10.9. The summed E-state index contributed by atoms with van der Waals surface area (Å²) < 4.78 is 3.20. The van der Waals surface area contributed by atoms with Gasteiger partial charge in [-0.15, -0.1) is 12.4 Å². The molecule has 0 radical (unpaired) electrons. The predicted molar refractivity (Wildman–Crippen MR) is 151 cm³/mol. The van der Waals surface area contributed by atoms with Crippen LogP contribution in [0.3, 0.4) is 0 Å². The lowest BCUT2D eigenvalue weighted by atomic mass is 9.79. The van der Waals surface area contributed by atoms with E-state index in [1.54, 1.807) is 0 Å². The minimum Gasteiger partial charge on any atom is -0.348 e. The van der Waals surface area contributed by atoms with Gasteiger partial charge in [0.15, 0.2) is 5.13 Å². The second kappa shape index (κ2) is 8.46. The number of benzene rings is 2. The Labute approximate surface area is 218 Å². The van der Waals surface area contributed by atoms with E-state index >= 15 is 0 Å². The van der Waals surface area contributed by atoms with Crippen LogP contribution in [0.15, 0.2) is 36.5 Å². The molecular weight excluding hydrogens is 474 g/mol. The van der Waals surface area contributed by atoms with Gasteiger partial charge in [0.05, 0.1) is 15.7 Å². The van der Waals surface area contributed by atoms with Crippen LogP contribution in [0, 0.1) is 0 Å². The Kier molecular flexibility index (Phi) is 5.93. The first kappa shape index (κ1) is 24.5. The van der Waals surface area contributed by atoms with Crippen LogP contribution in [0.1, 0.15) is 64.9 Å². The summed E-state index contributed by atoms with van der Waals surface area (Å²) in [7, 11) is 4.24. The number of rotatable bonds is 4. The average Bonchev–Trinajstić information content (AvgIpc) is 3.38. The Hall–Kier alpha value is -2.15. The standard InChI is InChI=1S/C28H35N5S.ClH/c1-27(2)14-21(15-28(3,4)31-27)33(6)26-29-23-10-9-18(13-24(23)34-26)19-11-20-16-32(5)30-25(20)22(12-19)17-7-8-17;/h9-13,16-17,21,31H,7-8,14-15H2,1-6H3;1H. The highest BCUT2D eigenvalue weighted by Gasteiger charge is 2.39. The average molecular weight is 510 g/mol. The third-order valence-electron chi connectivity index (χ3n) is 7.50. The number of nitrogens with zero attached hydrogens (tertiary/aromatic N) is 4. The molecule has 4 aromatic rings. The molecule has 2 aromatic heterocycles. The first-order valence-electron chi connectivity index (χ1n) is 12.5. The van der Waals surface area contributed by atoms with Crippen molar-refractivity contribution < 1.29 is 0 Å². The summed E-state index contributed by atoms with van der Waals surface area (Å²) >= 11 is 1.82. The zero-order chi connectivity index (χ0) is 23.8. The number of halogens is 1. The number of anilines is 1. The van der Waals surface area contributed by atoms with Crippen molar-refractivity contribution in [3.8, 4) is 11.1 Å². The van der Waals surface area contributed by atoms with Gasteiger partial charge in [0, 0.05) is 42.8 Å². The van der Waals surface area contributed by atoms with E-state index < -0.39 is 0 Å². The van der Waals surface area contributed by atoms with Gasteiger partial charge in [0.25, 0.3) is 0 Å². The quantitative estimate of drug-likeness (QED) is 0.325. The van der Waals surface area contributed by atoms with E-state index in [4.69, 9.17) is 10.1 Å². The van der Waals surface area contributed by atoms with Gasteiger partial charge in [-0.2, -0.15) is 5.10 Å². The number of hydrogen-bond acceptors (Lipinski definition) is 5. The van der Waals surface area contributed by atoms with Crippen molar-refractivity contribution in [2.24, 2.45) is 7.05 Å². The number of piperidine rings is 1. The Morgan fingerprint density at radius 1 is 1.03 bits per heavy atom.